The fourth-order valence-electron chi connectivity index (χ4n) is 1.66. The fourth-order valence-corrected chi connectivity index (χ4v) is 1.66. The van der Waals surface area contributed by atoms with Crippen LogP contribution in [0.25, 0.3) is 0 Å². The molecule has 104 valence electrons. The normalized spacial score (nSPS) is 21.3. The lowest BCUT2D eigenvalue weighted by Gasteiger charge is -2.25. The van der Waals surface area contributed by atoms with Crippen LogP contribution in [0.15, 0.2) is 0 Å². The molecule has 0 aromatic carbocycles. The summed E-state index contributed by atoms with van der Waals surface area (Å²) in [6.07, 6.45) is 0.825. The molecule has 18 heavy (non-hydrogen) atoms. The maximum absolute atomic E-state index is 11.9. The van der Waals surface area contributed by atoms with Gasteiger partial charge in [0.15, 0.2) is 0 Å². The molecule has 1 unspecified atom stereocenters. The van der Waals surface area contributed by atoms with E-state index in [4.69, 9.17) is 9.84 Å². The molecule has 0 spiro atoms. The summed E-state index contributed by atoms with van der Waals surface area (Å²) in [5.41, 5.74) is -0.955. The van der Waals surface area contributed by atoms with E-state index in [0.29, 0.717) is 19.7 Å². The average molecular weight is 258 g/mol. The second-order valence-electron chi connectivity index (χ2n) is 5.33. The molecule has 0 saturated carbocycles. The number of urea groups is 1. The van der Waals surface area contributed by atoms with E-state index in [2.05, 4.69) is 5.32 Å². The van der Waals surface area contributed by atoms with Crippen molar-refractivity contribution in [3.63, 3.8) is 0 Å². The average Bonchev–Trinajstić information content (AvgIpc) is 2.50. The number of carbonyl (C=O) groups is 2. The van der Waals surface area contributed by atoms with Crippen LogP contribution >= 0.6 is 0 Å². The highest BCUT2D eigenvalue weighted by molar-refractivity contribution is 5.77. The Balaban J connectivity index is 2.47. The Morgan fingerprint density at radius 1 is 1.50 bits per heavy atom. The van der Waals surface area contributed by atoms with Gasteiger partial charge in [-0.3, -0.25) is 4.79 Å². The smallest absolute Gasteiger partial charge is 0.317 e. The van der Waals surface area contributed by atoms with Crippen molar-refractivity contribution in [2.75, 3.05) is 26.2 Å². The molecule has 0 radical (unpaired) electrons. The third kappa shape index (κ3) is 4.18. The van der Waals surface area contributed by atoms with Crippen LogP contribution in [0.4, 0.5) is 4.79 Å². The SMILES string of the molecule is CC1CN(C(=O)NCC(C)(C)C(=O)O)CCCO1. The number of amides is 2. The standard InChI is InChI=1S/C12H22N2O4/c1-9-7-14(5-4-6-18-9)11(17)13-8-12(2,3)10(15)16/h9H,4-8H2,1-3H3,(H,13,17)(H,15,16). The molecule has 1 atom stereocenters. The molecule has 0 bridgehead atoms. The Hall–Kier alpha value is -1.30. The summed E-state index contributed by atoms with van der Waals surface area (Å²) in [5, 5.41) is 11.6. The molecule has 2 amide bonds. The third-order valence-corrected chi connectivity index (χ3v) is 3.00. The van der Waals surface area contributed by atoms with Crippen molar-refractivity contribution in [1.82, 2.24) is 10.2 Å². The zero-order valence-corrected chi connectivity index (χ0v) is 11.2. The first kappa shape index (κ1) is 14.8. The van der Waals surface area contributed by atoms with E-state index in [1.54, 1.807) is 18.7 Å². The van der Waals surface area contributed by atoms with E-state index in [0.717, 1.165) is 6.42 Å². The van der Waals surface area contributed by atoms with E-state index >= 15 is 0 Å². The topological polar surface area (TPSA) is 78.9 Å². The minimum Gasteiger partial charge on any atom is -0.481 e. The molecular formula is C12H22N2O4. The number of carboxylic acid groups (broad SMARTS) is 1. The molecule has 6 heteroatoms. The molecule has 2 N–H and O–H groups in total. The Kier molecular flexibility index (Phi) is 4.95. The van der Waals surface area contributed by atoms with Gasteiger partial charge in [-0.2, -0.15) is 0 Å². The lowest BCUT2D eigenvalue weighted by Crippen LogP contribution is -2.47. The summed E-state index contributed by atoms with van der Waals surface area (Å²) in [4.78, 5) is 24.5. The molecular weight excluding hydrogens is 236 g/mol. The van der Waals surface area contributed by atoms with Crippen molar-refractivity contribution in [3.05, 3.63) is 0 Å². The number of ether oxygens (including phenoxy) is 1. The predicted molar refractivity (Wildman–Crippen MR) is 66.4 cm³/mol. The van der Waals surface area contributed by atoms with Gasteiger partial charge in [-0.15, -0.1) is 0 Å². The molecule has 1 fully saturated rings. The molecule has 1 aliphatic rings. The van der Waals surface area contributed by atoms with Gasteiger partial charge in [-0.25, -0.2) is 4.79 Å². The first-order valence-corrected chi connectivity index (χ1v) is 6.21. The monoisotopic (exact) mass is 258 g/mol. The number of carbonyl (C=O) groups excluding carboxylic acids is 1. The first-order chi connectivity index (χ1) is 8.33. The van der Waals surface area contributed by atoms with Gasteiger partial charge < -0.3 is 20.1 Å². The Morgan fingerprint density at radius 3 is 2.78 bits per heavy atom. The number of aliphatic carboxylic acids is 1. The van der Waals surface area contributed by atoms with Gasteiger partial charge in [0.1, 0.15) is 0 Å². The lowest BCUT2D eigenvalue weighted by molar-refractivity contribution is -0.146. The Labute approximate surface area is 107 Å². The van der Waals surface area contributed by atoms with Crippen molar-refractivity contribution in [2.24, 2.45) is 5.41 Å². The second kappa shape index (κ2) is 6.04. The van der Waals surface area contributed by atoms with Gasteiger partial charge in [0.2, 0.25) is 0 Å². The predicted octanol–water partition coefficient (Wildman–Crippen LogP) is 0.918. The zero-order chi connectivity index (χ0) is 13.8. The third-order valence-electron chi connectivity index (χ3n) is 3.00. The molecule has 0 aliphatic carbocycles. The quantitative estimate of drug-likeness (QED) is 0.789. The molecule has 6 nitrogen and oxygen atoms in total. The van der Waals surface area contributed by atoms with Gasteiger partial charge in [0.05, 0.1) is 11.5 Å². The maximum Gasteiger partial charge on any atom is 0.317 e. The maximum atomic E-state index is 11.9. The van der Waals surface area contributed by atoms with Crippen molar-refractivity contribution in [2.45, 2.75) is 33.3 Å². The van der Waals surface area contributed by atoms with Crippen LogP contribution in [0.2, 0.25) is 0 Å². The summed E-state index contributed by atoms with van der Waals surface area (Å²) >= 11 is 0. The van der Waals surface area contributed by atoms with Gasteiger partial charge in [0, 0.05) is 26.2 Å². The van der Waals surface area contributed by atoms with E-state index in [1.807, 2.05) is 6.92 Å². The first-order valence-electron chi connectivity index (χ1n) is 6.21. The lowest BCUT2D eigenvalue weighted by atomic mass is 9.94. The number of hydrogen-bond acceptors (Lipinski definition) is 3. The number of nitrogens with zero attached hydrogens (tertiary/aromatic N) is 1. The van der Waals surface area contributed by atoms with Crippen LogP contribution in [-0.4, -0.2) is 54.4 Å². The summed E-state index contributed by atoms with van der Waals surface area (Å²) in [5.74, 6) is -0.921. The molecule has 1 rings (SSSR count). The summed E-state index contributed by atoms with van der Waals surface area (Å²) in [6.45, 7) is 7.06. The van der Waals surface area contributed by atoms with Crippen LogP contribution in [0.3, 0.4) is 0 Å². The minimum atomic E-state index is -0.955. The molecule has 1 aliphatic heterocycles. The van der Waals surface area contributed by atoms with Crippen LogP contribution in [0.5, 0.6) is 0 Å². The largest absolute Gasteiger partial charge is 0.481 e. The van der Waals surface area contributed by atoms with Crippen molar-refractivity contribution < 1.29 is 19.4 Å². The summed E-state index contributed by atoms with van der Waals surface area (Å²) < 4.78 is 5.45. The van der Waals surface area contributed by atoms with Crippen molar-refractivity contribution in [1.29, 1.82) is 0 Å². The number of rotatable bonds is 3. The van der Waals surface area contributed by atoms with Crippen molar-refractivity contribution in [3.8, 4) is 0 Å². The summed E-state index contributed by atoms with van der Waals surface area (Å²) in [6, 6.07) is -0.221. The highest BCUT2D eigenvalue weighted by atomic mass is 16.5. The zero-order valence-electron chi connectivity index (χ0n) is 11.2. The Bertz CT molecular complexity index is 317. The van der Waals surface area contributed by atoms with Crippen LogP contribution < -0.4 is 5.32 Å². The number of nitrogens with one attached hydrogen (secondary N) is 1. The molecule has 1 heterocycles. The van der Waals surface area contributed by atoms with E-state index < -0.39 is 11.4 Å². The van der Waals surface area contributed by atoms with Crippen molar-refractivity contribution >= 4 is 12.0 Å². The van der Waals surface area contributed by atoms with Crippen LogP contribution in [-0.2, 0) is 9.53 Å². The Morgan fingerprint density at radius 2 is 2.17 bits per heavy atom. The molecule has 0 aromatic rings. The van der Waals surface area contributed by atoms with E-state index in [9.17, 15) is 9.59 Å². The molecule has 0 aromatic heterocycles. The van der Waals surface area contributed by atoms with E-state index in [1.165, 1.54) is 0 Å². The van der Waals surface area contributed by atoms with Gasteiger partial charge in [-0.05, 0) is 27.2 Å². The van der Waals surface area contributed by atoms with Crippen LogP contribution in [0.1, 0.15) is 27.2 Å². The van der Waals surface area contributed by atoms with E-state index in [-0.39, 0.29) is 18.7 Å². The number of hydrogen-bond donors (Lipinski definition) is 2. The fraction of sp³-hybridized carbons (Fsp3) is 0.833. The number of carboxylic acids is 1. The molecule has 1 saturated heterocycles. The summed E-state index contributed by atoms with van der Waals surface area (Å²) in [7, 11) is 0. The van der Waals surface area contributed by atoms with Gasteiger partial charge in [0.25, 0.3) is 0 Å². The van der Waals surface area contributed by atoms with Gasteiger partial charge >= 0.3 is 12.0 Å². The second-order valence-corrected chi connectivity index (χ2v) is 5.33. The highest BCUT2D eigenvalue weighted by Gasteiger charge is 2.29. The minimum absolute atomic E-state index is 0.0192. The van der Waals surface area contributed by atoms with Gasteiger partial charge in [-0.1, -0.05) is 0 Å². The highest BCUT2D eigenvalue weighted by Crippen LogP contribution is 2.13. The van der Waals surface area contributed by atoms with Crippen LogP contribution in [0, 0.1) is 5.41 Å².